The third-order valence-corrected chi connectivity index (χ3v) is 6.03. The summed E-state index contributed by atoms with van der Waals surface area (Å²) >= 11 is 0. The molecule has 1 unspecified atom stereocenters. The van der Waals surface area contributed by atoms with Crippen molar-refractivity contribution in [1.82, 2.24) is 0 Å². The lowest BCUT2D eigenvalue weighted by molar-refractivity contribution is -0.140. The molecule has 0 N–H and O–H groups in total. The smallest absolute Gasteiger partial charge is 0.310 e. The van der Waals surface area contributed by atoms with Crippen LogP contribution in [-0.4, -0.2) is 39.4 Å². The van der Waals surface area contributed by atoms with E-state index >= 15 is 0 Å². The molecule has 1 saturated heterocycles. The van der Waals surface area contributed by atoms with E-state index in [1.54, 1.807) is 12.1 Å². The van der Waals surface area contributed by atoms with Crippen molar-refractivity contribution in [2.24, 2.45) is 0 Å². The third kappa shape index (κ3) is 9.56. The average Bonchev–Trinajstić information content (AvgIpc) is 2.90. The van der Waals surface area contributed by atoms with Crippen molar-refractivity contribution in [3.05, 3.63) is 76.4 Å². The molecule has 2 aromatic rings. The zero-order valence-corrected chi connectivity index (χ0v) is 20.7. The summed E-state index contributed by atoms with van der Waals surface area (Å²) in [7, 11) is 2.65. The molecular weight excluding hydrogens is 494 g/mol. The first-order valence-electron chi connectivity index (χ1n) is 12.1. The fourth-order valence-corrected chi connectivity index (χ4v) is 4.18. The number of esters is 2. The molecule has 0 bridgehead atoms. The zero-order valence-electron chi connectivity index (χ0n) is 20.7. The molecule has 8 heteroatoms. The van der Waals surface area contributed by atoms with Crippen LogP contribution in [-0.2, 0) is 41.4 Å². The van der Waals surface area contributed by atoms with Gasteiger partial charge in [-0.3, -0.25) is 9.59 Å². The Balaban J connectivity index is 0.000000361. The topological polar surface area (TPSA) is 71.1 Å². The molecule has 0 radical (unpaired) electrons. The van der Waals surface area contributed by atoms with Gasteiger partial charge in [-0.1, -0.05) is 20.9 Å². The van der Waals surface area contributed by atoms with E-state index in [0.717, 1.165) is 55.6 Å². The van der Waals surface area contributed by atoms with Gasteiger partial charge in [-0.05, 0) is 85.2 Å². The van der Waals surface area contributed by atoms with Gasteiger partial charge in [0.25, 0.3) is 0 Å². The molecule has 2 aliphatic heterocycles. The fourth-order valence-electron chi connectivity index (χ4n) is 4.18. The average molecular weight is 535 g/mol. The van der Waals surface area contributed by atoms with Crippen LogP contribution in [0.15, 0.2) is 42.5 Å². The molecule has 4 rings (SSSR count). The zero-order chi connectivity index (χ0) is 25.9. The van der Waals surface area contributed by atoms with Gasteiger partial charge >= 0.3 is 11.9 Å². The Morgan fingerprint density at radius 1 is 0.868 bits per heavy atom. The summed E-state index contributed by atoms with van der Waals surface area (Å²) in [5.74, 6) is -0.737. The van der Waals surface area contributed by atoms with E-state index in [1.165, 1.54) is 38.5 Å². The highest BCUT2D eigenvalue weighted by atomic mass is 19.1. The van der Waals surface area contributed by atoms with E-state index in [-0.39, 0.29) is 51.4 Å². The van der Waals surface area contributed by atoms with Crippen LogP contribution >= 0.6 is 0 Å². The second-order valence-corrected chi connectivity index (χ2v) is 8.56. The van der Waals surface area contributed by atoms with Gasteiger partial charge < -0.3 is 18.9 Å². The number of benzene rings is 2. The van der Waals surface area contributed by atoms with Gasteiger partial charge in [0.2, 0.25) is 0 Å². The van der Waals surface area contributed by atoms with E-state index < -0.39 is 5.97 Å². The Morgan fingerprint density at radius 2 is 1.50 bits per heavy atom. The largest absolute Gasteiger partial charge is 0.493 e. The second kappa shape index (κ2) is 16.6. The normalized spacial score (nSPS) is 16.2. The standard InChI is InChI=1S/C14H17FO3.C14H15FO3.2CH4/c2*1-17-14(16)9-10-8-11(15)5-6-12(10)13-4-2-3-7-18-13;;/h5-6,8,13H,2-4,7,9H2,1H3;4-6,8H,2-3,7,9H2,1H3;2*1H4. The number of ether oxygens (including phenoxy) is 4. The SMILES string of the molecule is C.C.COC(=O)Cc1cc(F)ccc1C1=CCCCO1.COC(=O)Cc1cc(F)ccc1C1CCCCO1. The molecule has 38 heavy (non-hydrogen) atoms. The van der Waals surface area contributed by atoms with E-state index in [4.69, 9.17) is 9.47 Å². The summed E-state index contributed by atoms with van der Waals surface area (Å²) < 4.78 is 47.0. The molecule has 0 aromatic heterocycles. The molecule has 1 atom stereocenters. The highest BCUT2D eigenvalue weighted by molar-refractivity contribution is 5.76. The monoisotopic (exact) mass is 534 g/mol. The Bertz CT molecular complexity index is 1080. The van der Waals surface area contributed by atoms with E-state index in [0.29, 0.717) is 17.7 Å². The van der Waals surface area contributed by atoms with Crippen molar-refractivity contribution < 1.29 is 37.3 Å². The highest BCUT2D eigenvalue weighted by Gasteiger charge is 2.21. The highest BCUT2D eigenvalue weighted by Crippen LogP contribution is 2.31. The number of halogens is 2. The minimum atomic E-state index is -0.391. The molecule has 2 aliphatic rings. The van der Waals surface area contributed by atoms with Crippen LogP contribution in [0.3, 0.4) is 0 Å². The van der Waals surface area contributed by atoms with Crippen LogP contribution < -0.4 is 0 Å². The number of hydrogen-bond donors (Lipinski definition) is 0. The number of rotatable bonds is 6. The lowest BCUT2D eigenvalue weighted by Gasteiger charge is -2.24. The molecule has 210 valence electrons. The van der Waals surface area contributed by atoms with Gasteiger partial charge in [0, 0.05) is 12.2 Å². The molecule has 0 amide bonds. The lowest BCUT2D eigenvalue weighted by atomic mass is 9.95. The fraction of sp³-hybridized carbons (Fsp3) is 0.467. The quantitative estimate of drug-likeness (QED) is 0.382. The number of allylic oxidation sites excluding steroid dienone is 1. The van der Waals surface area contributed by atoms with Crippen molar-refractivity contribution in [2.45, 2.75) is 65.9 Å². The third-order valence-electron chi connectivity index (χ3n) is 6.03. The van der Waals surface area contributed by atoms with Crippen molar-refractivity contribution in [2.75, 3.05) is 27.4 Å². The second-order valence-electron chi connectivity index (χ2n) is 8.56. The number of carbonyl (C=O) groups is 2. The maximum atomic E-state index is 13.3. The number of methoxy groups -OCH3 is 2. The van der Waals surface area contributed by atoms with Crippen LogP contribution in [0, 0.1) is 11.6 Å². The molecular formula is C30H40F2O6. The minimum Gasteiger partial charge on any atom is -0.493 e. The molecule has 6 nitrogen and oxygen atoms in total. The summed E-state index contributed by atoms with van der Waals surface area (Å²) in [6.07, 6.45) is 7.06. The molecule has 0 aliphatic carbocycles. The molecule has 0 spiro atoms. The number of hydrogen-bond acceptors (Lipinski definition) is 6. The summed E-state index contributed by atoms with van der Waals surface area (Å²) in [5, 5.41) is 0. The van der Waals surface area contributed by atoms with Crippen LogP contribution in [0.5, 0.6) is 0 Å². The van der Waals surface area contributed by atoms with Gasteiger partial charge in [0.1, 0.15) is 17.4 Å². The minimum absolute atomic E-state index is 0. The Kier molecular flexibility index (Phi) is 14.3. The first-order chi connectivity index (χ1) is 17.4. The van der Waals surface area contributed by atoms with E-state index in [2.05, 4.69) is 9.47 Å². The first-order valence-corrected chi connectivity index (χ1v) is 12.1. The molecule has 2 aromatic carbocycles. The van der Waals surface area contributed by atoms with Crippen LogP contribution in [0.25, 0.3) is 5.76 Å². The van der Waals surface area contributed by atoms with Crippen LogP contribution in [0.1, 0.15) is 75.3 Å². The summed E-state index contributed by atoms with van der Waals surface area (Å²) in [6, 6.07) is 8.88. The summed E-state index contributed by atoms with van der Waals surface area (Å²) in [6.45, 7) is 1.38. The van der Waals surface area contributed by atoms with Crippen LogP contribution in [0.2, 0.25) is 0 Å². The number of carbonyl (C=O) groups excluding carboxylic acids is 2. The molecule has 2 heterocycles. The predicted molar refractivity (Wildman–Crippen MR) is 143 cm³/mol. The van der Waals surface area contributed by atoms with Crippen molar-refractivity contribution in [3.8, 4) is 0 Å². The van der Waals surface area contributed by atoms with Gasteiger partial charge in [-0.2, -0.15) is 0 Å². The Morgan fingerprint density at radius 3 is 2.08 bits per heavy atom. The molecule has 0 saturated carbocycles. The van der Waals surface area contributed by atoms with Crippen molar-refractivity contribution in [3.63, 3.8) is 0 Å². The van der Waals surface area contributed by atoms with Gasteiger partial charge in [-0.15, -0.1) is 0 Å². The summed E-state index contributed by atoms with van der Waals surface area (Å²) in [5.41, 5.74) is 2.92. The predicted octanol–water partition coefficient (Wildman–Crippen LogP) is 6.75. The molecule has 1 fully saturated rings. The van der Waals surface area contributed by atoms with Gasteiger partial charge in [0.05, 0.1) is 39.8 Å². The Labute approximate surface area is 224 Å². The van der Waals surface area contributed by atoms with E-state index in [1.807, 2.05) is 6.08 Å². The Hall–Kier alpha value is -3.26. The summed E-state index contributed by atoms with van der Waals surface area (Å²) in [4.78, 5) is 22.7. The van der Waals surface area contributed by atoms with Crippen molar-refractivity contribution >= 4 is 17.7 Å². The van der Waals surface area contributed by atoms with Crippen molar-refractivity contribution in [1.29, 1.82) is 0 Å². The maximum Gasteiger partial charge on any atom is 0.310 e. The van der Waals surface area contributed by atoms with Gasteiger partial charge in [0.15, 0.2) is 0 Å². The maximum absolute atomic E-state index is 13.3. The van der Waals surface area contributed by atoms with Gasteiger partial charge in [-0.25, -0.2) is 8.78 Å². The van der Waals surface area contributed by atoms with E-state index in [9.17, 15) is 18.4 Å². The first kappa shape index (κ1) is 32.8. The van der Waals surface area contributed by atoms with Crippen LogP contribution in [0.4, 0.5) is 8.78 Å². The lowest BCUT2D eigenvalue weighted by Crippen LogP contribution is -2.15.